The number of ether oxygens (including phenoxy) is 2. The predicted octanol–water partition coefficient (Wildman–Crippen LogP) is 3.39. The summed E-state index contributed by atoms with van der Waals surface area (Å²) < 4.78 is 10.3. The lowest BCUT2D eigenvalue weighted by Crippen LogP contribution is -2.22. The second-order valence-corrected chi connectivity index (χ2v) is 4.78. The highest BCUT2D eigenvalue weighted by Crippen LogP contribution is 2.22. The van der Waals surface area contributed by atoms with Crippen LogP contribution in [0.2, 0.25) is 0 Å². The van der Waals surface area contributed by atoms with E-state index in [4.69, 9.17) is 15.2 Å². The Balaban J connectivity index is 0.00000264. The number of nitrogens with two attached hydrogens (primary N) is 1. The van der Waals surface area contributed by atoms with E-state index in [9.17, 15) is 0 Å². The van der Waals surface area contributed by atoms with Crippen LogP contribution >= 0.6 is 24.0 Å². The van der Waals surface area contributed by atoms with E-state index in [-0.39, 0.29) is 24.0 Å². The molecule has 0 aliphatic heterocycles. The molecular formula is C17H22IN3O2. The van der Waals surface area contributed by atoms with Crippen molar-refractivity contribution in [1.29, 1.82) is 0 Å². The van der Waals surface area contributed by atoms with Gasteiger partial charge in [-0.1, -0.05) is 36.4 Å². The maximum atomic E-state index is 5.92. The summed E-state index contributed by atoms with van der Waals surface area (Å²) in [5.41, 5.74) is 8.93. The fourth-order valence-electron chi connectivity index (χ4n) is 2.01. The standard InChI is InChI=1S/C17H21N3O2.HI/c1-21-12-14-9-7-13(8-10-14)11-19-17(18)20-15-5-3-4-6-16(15)22-2;/h3-10H,11-12H2,1-2H3,(H3,18,19,20);1H. The summed E-state index contributed by atoms with van der Waals surface area (Å²) in [4.78, 5) is 4.34. The number of rotatable bonds is 6. The Kier molecular flexibility index (Phi) is 8.42. The van der Waals surface area contributed by atoms with Crippen LogP contribution in [0.25, 0.3) is 0 Å². The third-order valence-electron chi connectivity index (χ3n) is 3.14. The van der Waals surface area contributed by atoms with Crippen molar-refractivity contribution in [2.75, 3.05) is 19.5 Å². The molecule has 0 saturated heterocycles. The van der Waals surface area contributed by atoms with Crippen molar-refractivity contribution in [3.05, 3.63) is 59.7 Å². The highest BCUT2D eigenvalue weighted by atomic mass is 127. The second kappa shape index (κ2) is 10.1. The average molecular weight is 427 g/mol. The molecule has 0 heterocycles. The van der Waals surface area contributed by atoms with E-state index in [1.54, 1.807) is 14.2 Å². The fraction of sp³-hybridized carbons (Fsp3) is 0.235. The number of halogens is 1. The highest BCUT2D eigenvalue weighted by molar-refractivity contribution is 14.0. The lowest BCUT2D eigenvalue weighted by atomic mass is 10.1. The minimum absolute atomic E-state index is 0. The van der Waals surface area contributed by atoms with Gasteiger partial charge in [0.1, 0.15) is 5.75 Å². The van der Waals surface area contributed by atoms with Crippen molar-refractivity contribution in [1.82, 2.24) is 0 Å². The van der Waals surface area contributed by atoms with Crippen LogP contribution in [0.3, 0.4) is 0 Å². The molecule has 5 nitrogen and oxygen atoms in total. The molecule has 0 aromatic heterocycles. The Morgan fingerprint density at radius 1 is 1.04 bits per heavy atom. The minimum Gasteiger partial charge on any atom is -0.495 e. The van der Waals surface area contributed by atoms with E-state index in [1.165, 1.54) is 0 Å². The number of hydrogen-bond acceptors (Lipinski definition) is 3. The van der Waals surface area contributed by atoms with Crippen LogP contribution in [-0.2, 0) is 17.9 Å². The fourth-order valence-corrected chi connectivity index (χ4v) is 2.01. The Labute approximate surface area is 153 Å². The van der Waals surface area contributed by atoms with Crippen molar-refractivity contribution >= 4 is 35.6 Å². The normalized spacial score (nSPS) is 10.8. The molecule has 0 spiro atoms. The molecule has 2 rings (SSSR count). The van der Waals surface area contributed by atoms with E-state index in [1.807, 2.05) is 48.5 Å². The van der Waals surface area contributed by atoms with Crippen molar-refractivity contribution in [3.63, 3.8) is 0 Å². The van der Waals surface area contributed by atoms with Gasteiger partial charge in [0.15, 0.2) is 5.96 Å². The maximum absolute atomic E-state index is 5.92. The molecule has 23 heavy (non-hydrogen) atoms. The zero-order chi connectivity index (χ0) is 15.8. The second-order valence-electron chi connectivity index (χ2n) is 4.78. The summed E-state index contributed by atoms with van der Waals surface area (Å²) in [7, 11) is 3.30. The SMILES string of the molecule is COCc1ccc(CN=C(N)Nc2ccccc2OC)cc1.I. The molecule has 2 aromatic carbocycles. The van der Waals surface area contributed by atoms with Crippen LogP contribution in [0.5, 0.6) is 5.75 Å². The van der Waals surface area contributed by atoms with E-state index < -0.39 is 0 Å². The van der Waals surface area contributed by atoms with E-state index >= 15 is 0 Å². The molecule has 3 N–H and O–H groups in total. The monoisotopic (exact) mass is 427 g/mol. The van der Waals surface area contributed by atoms with Gasteiger partial charge in [-0.2, -0.15) is 0 Å². The predicted molar refractivity (Wildman–Crippen MR) is 105 cm³/mol. The molecule has 0 aliphatic carbocycles. The molecular weight excluding hydrogens is 405 g/mol. The number of aliphatic imine (C=N–C) groups is 1. The van der Waals surface area contributed by atoms with Gasteiger partial charge in [-0.15, -0.1) is 24.0 Å². The van der Waals surface area contributed by atoms with Crippen LogP contribution in [0.1, 0.15) is 11.1 Å². The highest BCUT2D eigenvalue weighted by Gasteiger charge is 2.02. The third kappa shape index (κ3) is 6.07. The molecule has 2 aromatic rings. The van der Waals surface area contributed by atoms with Crippen molar-refractivity contribution in [2.45, 2.75) is 13.2 Å². The number of benzene rings is 2. The first kappa shape index (κ1) is 19.2. The van der Waals surface area contributed by atoms with Gasteiger partial charge >= 0.3 is 0 Å². The Hall–Kier alpha value is -1.80. The van der Waals surface area contributed by atoms with Crippen LogP contribution in [-0.4, -0.2) is 20.2 Å². The Morgan fingerprint density at radius 2 is 1.70 bits per heavy atom. The lowest BCUT2D eigenvalue weighted by Gasteiger charge is -2.10. The van der Waals surface area contributed by atoms with Crippen molar-refractivity contribution < 1.29 is 9.47 Å². The first-order valence-corrected chi connectivity index (χ1v) is 6.99. The number of para-hydroxylation sites is 2. The van der Waals surface area contributed by atoms with E-state index in [0.717, 1.165) is 22.6 Å². The maximum Gasteiger partial charge on any atom is 0.193 e. The largest absolute Gasteiger partial charge is 0.495 e. The van der Waals surface area contributed by atoms with Gasteiger partial charge in [-0.3, -0.25) is 0 Å². The topological polar surface area (TPSA) is 68.9 Å². The lowest BCUT2D eigenvalue weighted by molar-refractivity contribution is 0.185. The van der Waals surface area contributed by atoms with Crippen LogP contribution in [0.15, 0.2) is 53.5 Å². The van der Waals surface area contributed by atoms with Crippen LogP contribution in [0.4, 0.5) is 5.69 Å². The van der Waals surface area contributed by atoms with E-state index in [2.05, 4.69) is 10.3 Å². The summed E-state index contributed by atoms with van der Waals surface area (Å²) in [5.74, 6) is 1.08. The first-order valence-electron chi connectivity index (χ1n) is 6.99. The molecule has 0 bridgehead atoms. The number of guanidine groups is 1. The molecule has 0 unspecified atom stereocenters. The molecule has 0 amide bonds. The smallest absolute Gasteiger partial charge is 0.193 e. The Bertz CT molecular complexity index is 630. The van der Waals surface area contributed by atoms with Crippen LogP contribution < -0.4 is 15.8 Å². The number of methoxy groups -OCH3 is 2. The number of nitrogens with one attached hydrogen (secondary N) is 1. The Morgan fingerprint density at radius 3 is 2.35 bits per heavy atom. The minimum atomic E-state index is 0. The number of hydrogen-bond donors (Lipinski definition) is 2. The molecule has 0 atom stereocenters. The molecule has 124 valence electrons. The molecule has 0 saturated carbocycles. The van der Waals surface area contributed by atoms with Crippen molar-refractivity contribution in [3.8, 4) is 5.75 Å². The average Bonchev–Trinajstić information content (AvgIpc) is 2.55. The van der Waals surface area contributed by atoms with Gasteiger partial charge in [0, 0.05) is 7.11 Å². The van der Waals surface area contributed by atoms with Gasteiger partial charge in [-0.25, -0.2) is 4.99 Å². The summed E-state index contributed by atoms with van der Waals surface area (Å²) in [6, 6.07) is 15.7. The zero-order valence-corrected chi connectivity index (χ0v) is 15.6. The van der Waals surface area contributed by atoms with Gasteiger partial charge < -0.3 is 20.5 Å². The van der Waals surface area contributed by atoms with Crippen molar-refractivity contribution in [2.24, 2.45) is 10.7 Å². The molecule has 0 radical (unpaired) electrons. The molecule has 6 heteroatoms. The number of anilines is 1. The summed E-state index contributed by atoms with van der Waals surface area (Å²) in [6.45, 7) is 1.13. The summed E-state index contributed by atoms with van der Waals surface area (Å²) in [6.07, 6.45) is 0. The van der Waals surface area contributed by atoms with Gasteiger partial charge in [0.05, 0.1) is 25.9 Å². The summed E-state index contributed by atoms with van der Waals surface area (Å²) in [5, 5.41) is 3.05. The third-order valence-corrected chi connectivity index (χ3v) is 3.14. The van der Waals surface area contributed by atoms with E-state index in [0.29, 0.717) is 19.1 Å². The molecule has 0 fully saturated rings. The van der Waals surface area contributed by atoms with Gasteiger partial charge in [0.25, 0.3) is 0 Å². The van der Waals surface area contributed by atoms with Gasteiger partial charge in [0.2, 0.25) is 0 Å². The zero-order valence-electron chi connectivity index (χ0n) is 13.3. The number of nitrogens with zero attached hydrogens (tertiary/aromatic N) is 1. The van der Waals surface area contributed by atoms with Gasteiger partial charge in [-0.05, 0) is 23.3 Å². The quantitative estimate of drug-likeness (QED) is 0.422. The summed E-state index contributed by atoms with van der Waals surface area (Å²) >= 11 is 0. The first-order chi connectivity index (χ1) is 10.7. The van der Waals surface area contributed by atoms with Crippen LogP contribution in [0, 0.1) is 0 Å². The molecule has 0 aliphatic rings.